The summed E-state index contributed by atoms with van der Waals surface area (Å²) in [6.07, 6.45) is 1.73. The summed E-state index contributed by atoms with van der Waals surface area (Å²) in [5, 5.41) is 11.0. The number of carbonyl (C=O) groups is 1. The third-order valence-corrected chi connectivity index (χ3v) is 3.34. The zero-order chi connectivity index (χ0) is 14.3. The molecule has 1 N–H and O–H groups in total. The average molecular weight is 291 g/mol. The number of amides is 1. The SMILES string of the molecule is Cc1noc(C)c1NC(=O)c1nn2ccccc2c1Cl. The van der Waals surface area contributed by atoms with Crippen LogP contribution in [0.15, 0.2) is 28.9 Å². The van der Waals surface area contributed by atoms with Crippen LogP contribution in [0.5, 0.6) is 0 Å². The highest BCUT2D eigenvalue weighted by Crippen LogP contribution is 2.24. The quantitative estimate of drug-likeness (QED) is 0.787. The molecule has 0 saturated heterocycles. The van der Waals surface area contributed by atoms with Crippen molar-refractivity contribution in [3.63, 3.8) is 0 Å². The molecule has 3 heterocycles. The van der Waals surface area contributed by atoms with Crippen LogP contribution in [-0.2, 0) is 0 Å². The molecule has 0 spiro atoms. The fraction of sp³-hybridized carbons (Fsp3) is 0.154. The number of hydrogen-bond acceptors (Lipinski definition) is 4. The lowest BCUT2D eigenvalue weighted by atomic mass is 10.3. The van der Waals surface area contributed by atoms with E-state index in [9.17, 15) is 4.79 Å². The Morgan fingerprint density at radius 1 is 1.40 bits per heavy atom. The number of halogens is 1. The summed E-state index contributed by atoms with van der Waals surface area (Å²) in [4.78, 5) is 12.3. The van der Waals surface area contributed by atoms with E-state index in [1.807, 2.05) is 12.1 Å². The summed E-state index contributed by atoms with van der Waals surface area (Å²) in [7, 11) is 0. The van der Waals surface area contributed by atoms with Crippen molar-refractivity contribution < 1.29 is 9.32 Å². The van der Waals surface area contributed by atoms with Gasteiger partial charge in [-0.05, 0) is 26.0 Å². The number of aryl methyl sites for hydroxylation is 2. The monoisotopic (exact) mass is 290 g/mol. The van der Waals surface area contributed by atoms with Crippen LogP contribution >= 0.6 is 11.6 Å². The second-order valence-electron chi connectivity index (χ2n) is 4.35. The molecule has 0 aromatic carbocycles. The highest BCUT2D eigenvalue weighted by atomic mass is 35.5. The Morgan fingerprint density at radius 2 is 2.20 bits per heavy atom. The highest BCUT2D eigenvalue weighted by molar-refractivity contribution is 6.37. The van der Waals surface area contributed by atoms with Gasteiger partial charge in [-0.3, -0.25) is 4.79 Å². The van der Waals surface area contributed by atoms with Gasteiger partial charge in [-0.2, -0.15) is 5.10 Å². The standard InChI is InChI=1S/C13H11ClN4O2/c1-7-11(8(2)20-17-7)15-13(19)12-10(14)9-5-3-4-6-18(9)16-12/h3-6H,1-2H3,(H,15,19). The number of anilines is 1. The van der Waals surface area contributed by atoms with E-state index in [1.165, 1.54) is 0 Å². The van der Waals surface area contributed by atoms with Gasteiger partial charge in [0.15, 0.2) is 11.5 Å². The first-order chi connectivity index (χ1) is 9.58. The molecular weight excluding hydrogens is 280 g/mol. The Kier molecular flexibility index (Phi) is 2.94. The topological polar surface area (TPSA) is 72.4 Å². The first-order valence-corrected chi connectivity index (χ1v) is 6.33. The van der Waals surface area contributed by atoms with Gasteiger partial charge in [0.2, 0.25) is 0 Å². The Labute approximate surface area is 119 Å². The zero-order valence-corrected chi connectivity index (χ0v) is 11.6. The molecule has 1 amide bonds. The fourth-order valence-electron chi connectivity index (χ4n) is 1.95. The van der Waals surface area contributed by atoms with Gasteiger partial charge in [-0.15, -0.1) is 0 Å². The van der Waals surface area contributed by atoms with Crippen molar-refractivity contribution in [3.8, 4) is 0 Å². The Hall–Kier alpha value is -2.34. The van der Waals surface area contributed by atoms with Crippen LogP contribution in [0.1, 0.15) is 21.9 Å². The predicted octanol–water partition coefficient (Wildman–Crippen LogP) is 2.84. The average Bonchev–Trinajstić information content (AvgIpc) is 2.94. The van der Waals surface area contributed by atoms with Gasteiger partial charge in [-0.25, -0.2) is 4.52 Å². The maximum absolute atomic E-state index is 12.3. The number of aromatic nitrogens is 3. The molecule has 102 valence electrons. The second kappa shape index (κ2) is 4.64. The van der Waals surface area contributed by atoms with Crippen LogP contribution in [0.3, 0.4) is 0 Å². The lowest BCUT2D eigenvalue weighted by molar-refractivity contribution is 0.102. The van der Waals surface area contributed by atoms with Crippen molar-refractivity contribution in [3.05, 3.63) is 46.6 Å². The number of rotatable bonds is 2. The van der Waals surface area contributed by atoms with Crippen LogP contribution in [-0.4, -0.2) is 20.7 Å². The third kappa shape index (κ3) is 1.94. The number of carbonyl (C=O) groups excluding carboxylic acids is 1. The molecule has 0 unspecified atom stereocenters. The predicted molar refractivity (Wildman–Crippen MR) is 74.1 cm³/mol. The van der Waals surface area contributed by atoms with E-state index in [4.69, 9.17) is 16.1 Å². The van der Waals surface area contributed by atoms with Crippen molar-refractivity contribution in [2.75, 3.05) is 5.32 Å². The Bertz CT molecular complexity index is 786. The molecule has 6 nitrogen and oxygen atoms in total. The number of fused-ring (bicyclic) bond motifs is 1. The second-order valence-corrected chi connectivity index (χ2v) is 4.72. The molecule has 3 aromatic rings. The molecule has 0 aliphatic carbocycles. The minimum atomic E-state index is -0.395. The summed E-state index contributed by atoms with van der Waals surface area (Å²) in [6.45, 7) is 3.47. The molecule has 3 rings (SSSR count). The van der Waals surface area contributed by atoms with Crippen molar-refractivity contribution in [1.82, 2.24) is 14.8 Å². The van der Waals surface area contributed by atoms with Gasteiger partial charge in [-0.1, -0.05) is 22.8 Å². The van der Waals surface area contributed by atoms with E-state index in [2.05, 4.69) is 15.6 Å². The van der Waals surface area contributed by atoms with E-state index in [0.29, 0.717) is 27.7 Å². The van der Waals surface area contributed by atoms with Gasteiger partial charge in [0.05, 0.1) is 10.5 Å². The Morgan fingerprint density at radius 3 is 2.85 bits per heavy atom. The van der Waals surface area contributed by atoms with Crippen LogP contribution < -0.4 is 5.32 Å². The maximum Gasteiger partial charge on any atom is 0.277 e. The number of pyridine rings is 1. The molecule has 0 aliphatic heterocycles. The largest absolute Gasteiger partial charge is 0.359 e. The van der Waals surface area contributed by atoms with E-state index < -0.39 is 5.91 Å². The van der Waals surface area contributed by atoms with E-state index >= 15 is 0 Å². The molecule has 0 aliphatic rings. The number of nitrogens with zero attached hydrogens (tertiary/aromatic N) is 3. The molecule has 3 aromatic heterocycles. The summed E-state index contributed by atoms with van der Waals surface area (Å²) in [5.41, 5.74) is 2.00. The third-order valence-electron chi connectivity index (χ3n) is 2.97. The van der Waals surface area contributed by atoms with Crippen molar-refractivity contribution in [2.45, 2.75) is 13.8 Å². The van der Waals surface area contributed by atoms with Gasteiger partial charge in [0.25, 0.3) is 5.91 Å². The van der Waals surface area contributed by atoms with Gasteiger partial charge >= 0.3 is 0 Å². The van der Waals surface area contributed by atoms with E-state index in [0.717, 1.165) is 0 Å². The first-order valence-electron chi connectivity index (χ1n) is 5.95. The number of nitrogens with one attached hydrogen (secondary N) is 1. The molecule has 0 saturated carbocycles. The molecule has 0 bridgehead atoms. The Balaban J connectivity index is 1.99. The normalized spacial score (nSPS) is 10.9. The van der Waals surface area contributed by atoms with Crippen molar-refractivity contribution >= 4 is 28.7 Å². The van der Waals surface area contributed by atoms with Crippen LogP contribution in [0.2, 0.25) is 5.02 Å². The van der Waals surface area contributed by atoms with Crippen molar-refractivity contribution in [2.24, 2.45) is 0 Å². The molecule has 20 heavy (non-hydrogen) atoms. The van der Waals surface area contributed by atoms with E-state index in [-0.39, 0.29) is 5.69 Å². The highest BCUT2D eigenvalue weighted by Gasteiger charge is 2.20. The van der Waals surface area contributed by atoms with Crippen LogP contribution in [0.25, 0.3) is 5.52 Å². The smallest absolute Gasteiger partial charge is 0.277 e. The summed E-state index contributed by atoms with van der Waals surface area (Å²) in [6, 6.07) is 5.44. The summed E-state index contributed by atoms with van der Waals surface area (Å²) in [5.74, 6) is 0.142. The molecule has 0 radical (unpaired) electrons. The first kappa shape index (κ1) is 12.7. The van der Waals surface area contributed by atoms with Gasteiger partial charge < -0.3 is 9.84 Å². The lowest BCUT2D eigenvalue weighted by Gasteiger charge is -2.01. The van der Waals surface area contributed by atoms with Crippen LogP contribution in [0, 0.1) is 13.8 Å². The van der Waals surface area contributed by atoms with E-state index in [1.54, 1.807) is 30.6 Å². The number of hydrogen-bond donors (Lipinski definition) is 1. The summed E-state index contributed by atoms with van der Waals surface area (Å²) >= 11 is 6.19. The lowest BCUT2D eigenvalue weighted by Crippen LogP contribution is -2.14. The van der Waals surface area contributed by atoms with Crippen molar-refractivity contribution in [1.29, 1.82) is 0 Å². The van der Waals surface area contributed by atoms with Gasteiger partial charge in [0.1, 0.15) is 11.4 Å². The molecule has 0 fully saturated rings. The molecule has 0 atom stereocenters. The zero-order valence-electron chi connectivity index (χ0n) is 10.8. The van der Waals surface area contributed by atoms with Crippen LogP contribution in [0.4, 0.5) is 5.69 Å². The minimum Gasteiger partial charge on any atom is -0.359 e. The fourth-order valence-corrected chi connectivity index (χ4v) is 2.22. The molecular formula is C13H11ClN4O2. The maximum atomic E-state index is 12.3. The molecule has 7 heteroatoms. The minimum absolute atomic E-state index is 0.165. The summed E-state index contributed by atoms with van der Waals surface area (Å²) < 4.78 is 6.56. The van der Waals surface area contributed by atoms with Gasteiger partial charge in [0, 0.05) is 6.20 Å².